The Kier molecular flexibility index (Phi) is 3.42. The zero-order chi connectivity index (χ0) is 12.3. The number of piperidine rings is 1. The lowest BCUT2D eigenvalue weighted by Crippen LogP contribution is -2.48. The van der Waals surface area contributed by atoms with Gasteiger partial charge in [0.15, 0.2) is 0 Å². The van der Waals surface area contributed by atoms with E-state index in [4.69, 9.17) is 0 Å². The standard InChI is InChI=1S/C13H16N2O2/c1-10-6-5-9-12(16)15(10)13(17)14-11-7-3-2-4-8-11/h2-4,7-8,10H,5-6,9H2,1H3,(H,14,17). The predicted octanol–water partition coefficient (Wildman–Crippen LogP) is 2.62. The first-order valence-corrected chi connectivity index (χ1v) is 5.86. The fourth-order valence-corrected chi connectivity index (χ4v) is 2.06. The van der Waals surface area contributed by atoms with Gasteiger partial charge in [-0.05, 0) is 31.9 Å². The molecular formula is C13H16N2O2. The first-order valence-electron chi connectivity index (χ1n) is 5.86. The molecule has 1 aliphatic rings. The van der Waals surface area contributed by atoms with Crippen molar-refractivity contribution >= 4 is 17.6 Å². The highest BCUT2D eigenvalue weighted by Gasteiger charge is 2.30. The molecule has 1 unspecified atom stereocenters. The van der Waals surface area contributed by atoms with Gasteiger partial charge in [0.05, 0.1) is 0 Å². The number of benzene rings is 1. The van der Waals surface area contributed by atoms with Crippen molar-refractivity contribution in [3.63, 3.8) is 0 Å². The Morgan fingerprint density at radius 2 is 2.06 bits per heavy atom. The minimum Gasteiger partial charge on any atom is -0.307 e. The summed E-state index contributed by atoms with van der Waals surface area (Å²) in [4.78, 5) is 25.0. The zero-order valence-electron chi connectivity index (χ0n) is 9.85. The number of carbonyl (C=O) groups excluding carboxylic acids is 2. The SMILES string of the molecule is CC1CCCC(=O)N1C(=O)Nc1ccccc1. The second-order valence-corrected chi connectivity index (χ2v) is 4.30. The number of urea groups is 1. The molecule has 17 heavy (non-hydrogen) atoms. The quantitative estimate of drug-likeness (QED) is 0.809. The highest BCUT2D eigenvalue weighted by Crippen LogP contribution is 2.19. The van der Waals surface area contributed by atoms with Gasteiger partial charge in [-0.15, -0.1) is 0 Å². The van der Waals surface area contributed by atoms with Crippen LogP contribution < -0.4 is 5.32 Å². The maximum absolute atomic E-state index is 12.0. The lowest BCUT2D eigenvalue weighted by Gasteiger charge is -2.31. The van der Waals surface area contributed by atoms with Crippen LogP contribution in [0.3, 0.4) is 0 Å². The van der Waals surface area contributed by atoms with Crippen LogP contribution in [0.5, 0.6) is 0 Å². The topological polar surface area (TPSA) is 49.4 Å². The summed E-state index contributed by atoms with van der Waals surface area (Å²) < 4.78 is 0. The molecule has 2 rings (SSSR count). The Morgan fingerprint density at radius 1 is 1.35 bits per heavy atom. The number of rotatable bonds is 1. The lowest BCUT2D eigenvalue weighted by molar-refractivity contribution is -0.131. The van der Waals surface area contributed by atoms with Crippen molar-refractivity contribution in [2.24, 2.45) is 0 Å². The second kappa shape index (κ2) is 4.99. The lowest BCUT2D eigenvalue weighted by atomic mass is 10.0. The summed E-state index contributed by atoms with van der Waals surface area (Å²) in [6.45, 7) is 1.90. The molecule has 1 atom stereocenters. The smallest absolute Gasteiger partial charge is 0.307 e. The van der Waals surface area contributed by atoms with Gasteiger partial charge < -0.3 is 5.32 Å². The summed E-state index contributed by atoms with van der Waals surface area (Å²) in [5.74, 6) is -0.0859. The van der Waals surface area contributed by atoms with Crippen LogP contribution in [0, 0.1) is 0 Å². The predicted molar refractivity (Wildman–Crippen MR) is 65.6 cm³/mol. The van der Waals surface area contributed by atoms with Gasteiger partial charge in [0.25, 0.3) is 0 Å². The molecule has 90 valence electrons. The van der Waals surface area contributed by atoms with Gasteiger partial charge in [0.1, 0.15) is 0 Å². The Labute approximate surface area is 101 Å². The van der Waals surface area contributed by atoms with Crippen molar-refractivity contribution in [3.8, 4) is 0 Å². The molecule has 0 radical (unpaired) electrons. The van der Waals surface area contributed by atoms with Crippen LogP contribution in [-0.2, 0) is 4.79 Å². The number of likely N-dealkylation sites (tertiary alicyclic amines) is 1. The molecular weight excluding hydrogens is 216 g/mol. The van der Waals surface area contributed by atoms with Crippen molar-refractivity contribution in [2.75, 3.05) is 5.32 Å². The number of carbonyl (C=O) groups is 2. The van der Waals surface area contributed by atoms with Crippen LogP contribution in [-0.4, -0.2) is 22.9 Å². The molecule has 0 bridgehead atoms. The van der Waals surface area contributed by atoms with Crippen molar-refractivity contribution in [3.05, 3.63) is 30.3 Å². The third-order valence-electron chi connectivity index (χ3n) is 2.97. The number of nitrogens with one attached hydrogen (secondary N) is 1. The molecule has 4 nitrogen and oxygen atoms in total. The van der Waals surface area contributed by atoms with Crippen LogP contribution in [0.2, 0.25) is 0 Å². The van der Waals surface area contributed by atoms with E-state index in [1.165, 1.54) is 4.90 Å². The number of hydrogen-bond donors (Lipinski definition) is 1. The maximum Gasteiger partial charge on any atom is 0.328 e. The fraction of sp³-hybridized carbons (Fsp3) is 0.385. The van der Waals surface area contributed by atoms with Crippen LogP contribution in [0.15, 0.2) is 30.3 Å². The maximum atomic E-state index is 12.0. The second-order valence-electron chi connectivity index (χ2n) is 4.30. The molecule has 3 amide bonds. The number of amides is 3. The van der Waals surface area contributed by atoms with E-state index in [0.717, 1.165) is 12.8 Å². The van der Waals surface area contributed by atoms with E-state index in [0.29, 0.717) is 12.1 Å². The average molecular weight is 232 g/mol. The molecule has 1 aromatic carbocycles. The van der Waals surface area contributed by atoms with Crippen LogP contribution in [0.4, 0.5) is 10.5 Å². The fourth-order valence-electron chi connectivity index (χ4n) is 2.06. The van der Waals surface area contributed by atoms with Crippen molar-refractivity contribution in [1.29, 1.82) is 0 Å². The Morgan fingerprint density at radius 3 is 2.71 bits per heavy atom. The minimum absolute atomic E-state index is 0.0139. The van der Waals surface area contributed by atoms with E-state index in [1.807, 2.05) is 25.1 Å². The monoisotopic (exact) mass is 232 g/mol. The number of para-hydroxylation sites is 1. The first-order chi connectivity index (χ1) is 8.18. The molecule has 0 spiro atoms. The van der Waals surface area contributed by atoms with Gasteiger partial charge in [0.2, 0.25) is 5.91 Å². The normalized spacial score (nSPS) is 20.2. The summed E-state index contributed by atoms with van der Waals surface area (Å²) >= 11 is 0. The highest BCUT2D eigenvalue weighted by molar-refractivity contribution is 6.01. The van der Waals surface area contributed by atoms with Gasteiger partial charge in [-0.1, -0.05) is 18.2 Å². The molecule has 0 aliphatic carbocycles. The highest BCUT2D eigenvalue weighted by atomic mass is 16.2. The van der Waals surface area contributed by atoms with E-state index in [2.05, 4.69) is 5.32 Å². The molecule has 4 heteroatoms. The molecule has 0 aromatic heterocycles. The molecule has 1 fully saturated rings. The summed E-state index contributed by atoms with van der Waals surface area (Å²) in [5, 5.41) is 2.74. The largest absolute Gasteiger partial charge is 0.328 e. The molecule has 1 saturated heterocycles. The van der Waals surface area contributed by atoms with Gasteiger partial charge in [-0.25, -0.2) is 4.79 Å². The van der Waals surface area contributed by atoms with Gasteiger partial charge >= 0.3 is 6.03 Å². The molecule has 0 saturated carbocycles. The van der Waals surface area contributed by atoms with Crippen molar-refractivity contribution in [1.82, 2.24) is 4.90 Å². The first kappa shape index (κ1) is 11.6. The van der Waals surface area contributed by atoms with Crippen LogP contribution in [0.25, 0.3) is 0 Å². The van der Waals surface area contributed by atoms with E-state index < -0.39 is 0 Å². The number of anilines is 1. The molecule has 1 N–H and O–H groups in total. The summed E-state index contributed by atoms with van der Waals surface area (Å²) in [5.41, 5.74) is 0.711. The summed E-state index contributed by atoms with van der Waals surface area (Å²) in [7, 11) is 0. The van der Waals surface area contributed by atoms with E-state index in [9.17, 15) is 9.59 Å². The number of imide groups is 1. The molecule has 1 aromatic rings. The van der Waals surface area contributed by atoms with Crippen LogP contribution in [0.1, 0.15) is 26.2 Å². The van der Waals surface area contributed by atoms with Crippen molar-refractivity contribution in [2.45, 2.75) is 32.2 Å². The molecule has 1 aliphatic heterocycles. The molecule has 1 heterocycles. The van der Waals surface area contributed by atoms with E-state index in [1.54, 1.807) is 12.1 Å². The van der Waals surface area contributed by atoms with Gasteiger partial charge in [0, 0.05) is 18.2 Å². The Hall–Kier alpha value is -1.84. The summed E-state index contributed by atoms with van der Waals surface area (Å²) in [6.07, 6.45) is 2.22. The number of hydrogen-bond acceptors (Lipinski definition) is 2. The third-order valence-corrected chi connectivity index (χ3v) is 2.97. The van der Waals surface area contributed by atoms with Gasteiger partial charge in [-0.3, -0.25) is 9.69 Å². The van der Waals surface area contributed by atoms with Crippen molar-refractivity contribution < 1.29 is 9.59 Å². The average Bonchev–Trinajstić information content (AvgIpc) is 2.30. The van der Waals surface area contributed by atoms with Gasteiger partial charge in [-0.2, -0.15) is 0 Å². The summed E-state index contributed by atoms with van der Waals surface area (Å²) in [6, 6.07) is 8.83. The Bertz CT molecular complexity index is 417. The zero-order valence-corrected chi connectivity index (χ0v) is 9.85. The third kappa shape index (κ3) is 2.64. The van der Waals surface area contributed by atoms with E-state index >= 15 is 0 Å². The van der Waals surface area contributed by atoms with Crippen LogP contribution >= 0.6 is 0 Å². The Balaban J connectivity index is 2.06. The minimum atomic E-state index is -0.326. The van der Waals surface area contributed by atoms with E-state index in [-0.39, 0.29) is 18.0 Å². The number of nitrogens with zero attached hydrogens (tertiary/aromatic N) is 1.